The van der Waals surface area contributed by atoms with Gasteiger partial charge >= 0.3 is 24.8 Å². The number of hydrogen-bond acceptors (Lipinski definition) is 9. The normalized spacial score (nSPS) is 11.5. The van der Waals surface area contributed by atoms with E-state index >= 15 is 0 Å². The second-order valence-corrected chi connectivity index (χ2v) is 16.4. The van der Waals surface area contributed by atoms with E-state index in [1.807, 2.05) is 62.4 Å². The van der Waals surface area contributed by atoms with E-state index in [4.69, 9.17) is 0 Å². The summed E-state index contributed by atoms with van der Waals surface area (Å²) in [5, 5.41) is 20.3. The Morgan fingerprint density at radius 1 is 0.507 bits per heavy atom. The quantitative estimate of drug-likeness (QED) is 0.0819. The summed E-state index contributed by atoms with van der Waals surface area (Å²) in [5.74, 6) is 0.401. The summed E-state index contributed by atoms with van der Waals surface area (Å²) in [6.07, 6.45) is -5.15. The number of alkyl halides is 6. The maximum atomic E-state index is 13.2. The SMILES string of the molecule is CC(C)c1cc(-c2ccc(-c3cccnc3NC(=O)Nc3ccc(-c4ncn(-c5ccc(OC(F)(F)F)cc5)n4)cc3)cc2)ccc1NC(=O)Nc1ccc(-c2ncn(-c3ccc(OC(F)(F)F)cc3)n2)cc1. The van der Waals surface area contributed by atoms with Crippen LogP contribution in [-0.2, 0) is 0 Å². The number of urea groups is 2. The number of anilines is 4. The van der Waals surface area contributed by atoms with Crippen molar-refractivity contribution >= 4 is 34.9 Å². The largest absolute Gasteiger partial charge is 0.573 e. The molecule has 9 rings (SSSR count). The van der Waals surface area contributed by atoms with Crippen molar-refractivity contribution in [2.45, 2.75) is 32.5 Å². The van der Waals surface area contributed by atoms with Crippen LogP contribution in [0.1, 0.15) is 25.3 Å². The number of hydrogen-bond donors (Lipinski definition) is 4. The lowest BCUT2D eigenvalue weighted by Gasteiger charge is -2.17. The van der Waals surface area contributed by atoms with E-state index in [-0.39, 0.29) is 17.4 Å². The Labute approximate surface area is 411 Å². The van der Waals surface area contributed by atoms with Gasteiger partial charge in [0.25, 0.3) is 0 Å². The fourth-order valence-electron chi connectivity index (χ4n) is 7.51. The molecule has 3 aromatic heterocycles. The maximum Gasteiger partial charge on any atom is 0.573 e. The van der Waals surface area contributed by atoms with Gasteiger partial charge in [-0.2, -0.15) is 0 Å². The van der Waals surface area contributed by atoms with Crippen molar-refractivity contribution in [1.82, 2.24) is 34.5 Å². The summed E-state index contributed by atoms with van der Waals surface area (Å²) in [4.78, 5) is 39.5. The first-order valence-electron chi connectivity index (χ1n) is 22.1. The standard InChI is InChI=1S/C52H39F6N11O4/c1-31(2)44-28-36(13-26-45(44)64-49(70)62-37-14-9-34(10-15-37)46-60-29-68(66-46)39-18-22-41(23-19-39)72-51(53,54)55)32-5-7-33(8-6-32)43-4-3-27-59-48(43)65-50(71)63-38-16-11-35(12-17-38)47-61-30-69(67-47)40-20-24-42(25-21-40)73-52(56,57)58/h3-31H,1-2H3,(H2,62,64,70)(H2,59,63,65,71). The monoisotopic (exact) mass is 995 g/mol. The molecule has 0 aliphatic rings. The molecule has 0 aliphatic carbocycles. The van der Waals surface area contributed by atoms with Crippen LogP contribution in [0.2, 0.25) is 0 Å². The molecule has 0 radical (unpaired) electrons. The van der Waals surface area contributed by atoms with Crippen LogP contribution in [0.4, 0.5) is 58.8 Å². The first-order chi connectivity index (χ1) is 35.0. The summed E-state index contributed by atoms with van der Waals surface area (Å²) in [7, 11) is 0. The number of nitrogens with one attached hydrogen (secondary N) is 4. The summed E-state index contributed by atoms with van der Waals surface area (Å²) >= 11 is 0. The molecule has 15 nitrogen and oxygen atoms in total. The Hall–Kier alpha value is -9.53. The summed E-state index contributed by atoms with van der Waals surface area (Å²) in [6, 6.07) is 40.3. The fraction of sp³-hybridized carbons (Fsp3) is 0.0962. The highest BCUT2D eigenvalue weighted by Crippen LogP contribution is 2.34. The van der Waals surface area contributed by atoms with Crippen LogP contribution < -0.4 is 30.7 Å². The van der Waals surface area contributed by atoms with E-state index in [0.29, 0.717) is 62.6 Å². The van der Waals surface area contributed by atoms with Crippen LogP contribution in [0.3, 0.4) is 0 Å². The average Bonchev–Trinajstić information content (AvgIpc) is 4.06. The van der Waals surface area contributed by atoms with Crippen molar-refractivity contribution in [3.8, 4) is 67.9 Å². The van der Waals surface area contributed by atoms with Gasteiger partial charge < -0.3 is 25.4 Å². The van der Waals surface area contributed by atoms with Crippen LogP contribution >= 0.6 is 0 Å². The van der Waals surface area contributed by atoms with Crippen LogP contribution in [-0.4, -0.2) is 59.3 Å². The number of aromatic nitrogens is 7. The Kier molecular flexibility index (Phi) is 13.6. The highest BCUT2D eigenvalue weighted by Gasteiger charge is 2.32. The number of benzene rings is 6. The van der Waals surface area contributed by atoms with E-state index in [9.17, 15) is 35.9 Å². The minimum absolute atomic E-state index is 0.0505. The van der Waals surface area contributed by atoms with Gasteiger partial charge in [0.05, 0.1) is 11.4 Å². The Morgan fingerprint density at radius 3 is 1.44 bits per heavy atom. The highest BCUT2D eigenvalue weighted by atomic mass is 19.4. The predicted octanol–water partition coefficient (Wildman–Crippen LogP) is 13.1. The number of pyridine rings is 1. The molecule has 0 aliphatic heterocycles. The average molecular weight is 996 g/mol. The topological polar surface area (TPSA) is 175 Å². The zero-order valence-corrected chi connectivity index (χ0v) is 38.3. The molecule has 0 unspecified atom stereocenters. The number of ether oxygens (including phenoxy) is 2. The van der Waals surface area contributed by atoms with Gasteiger partial charge in [-0.3, -0.25) is 5.32 Å². The molecule has 21 heteroatoms. The second kappa shape index (κ2) is 20.4. The van der Waals surface area contributed by atoms with Crippen molar-refractivity contribution in [2.75, 3.05) is 21.3 Å². The van der Waals surface area contributed by atoms with Gasteiger partial charge in [0.1, 0.15) is 30.0 Å². The zero-order valence-electron chi connectivity index (χ0n) is 38.3. The molecule has 0 bridgehead atoms. The lowest BCUT2D eigenvalue weighted by molar-refractivity contribution is -0.275. The van der Waals surface area contributed by atoms with Gasteiger partial charge in [-0.05, 0) is 149 Å². The minimum atomic E-state index is -4.80. The van der Waals surface area contributed by atoms with Crippen LogP contribution in [0.15, 0.2) is 171 Å². The number of nitrogens with zero attached hydrogens (tertiary/aromatic N) is 7. The van der Waals surface area contributed by atoms with Crippen LogP contribution in [0.5, 0.6) is 11.5 Å². The smallest absolute Gasteiger partial charge is 0.406 e. The molecule has 368 valence electrons. The van der Waals surface area contributed by atoms with Gasteiger partial charge in [0, 0.05) is 39.9 Å². The third kappa shape index (κ3) is 12.3. The molecule has 9 aromatic rings. The molecule has 0 spiro atoms. The molecule has 6 aromatic carbocycles. The third-order valence-electron chi connectivity index (χ3n) is 10.9. The Bertz CT molecular complexity index is 3380. The highest BCUT2D eigenvalue weighted by molar-refractivity contribution is 6.02. The molecule has 4 N–H and O–H groups in total. The summed E-state index contributed by atoms with van der Waals surface area (Å²) in [5.41, 5.74) is 8.12. The van der Waals surface area contributed by atoms with E-state index in [0.717, 1.165) is 22.3 Å². The lowest BCUT2D eigenvalue weighted by atomic mass is 9.94. The van der Waals surface area contributed by atoms with Gasteiger partial charge in [-0.1, -0.05) is 44.2 Å². The first-order valence-corrected chi connectivity index (χ1v) is 22.1. The lowest BCUT2D eigenvalue weighted by Crippen LogP contribution is -2.20. The molecular weight excluding hydrogens is 957 g/mol. The van der Waals surface area contributed by atoms with Crippen LogP contribution in [0, 0.1) is 0 Å². The predicted molar refractivity (Wildman–Crippen MR) is 261 cm³/mol. The number of carbonyl (C=O) groups is 2. The zero-order chi connectivity index (χ0) is 51.3. The van der Waals surface area contributed by atoms with Crippen molar-refractivity contribution in [1.29, 1.82) is 0 Å². The van der Waals surface area contributed by atoms with E-state index in [1.165, 1.54) is 70.5 Å². The van der Waals surface area contributed by atoms with Crippen LogP contribution in [0.25, 0.3) is 56.4 Å². The molecule has 3 heterocycles. The number of rotatable bonds is 13. The van der Waals surface area contributed by atoms with E-state index < -0.39 is 24.8 Å². The molecule has 0 saturated heterocycles. The number of halogens is 6. The minimum Gasteiger partial charge on any atom is -0.406 e. The molecule has 0 atom stereocenters. The van der Waals surface area contributed by atoms with Crippen molar-refractivity contribution in [3.05, 3.63) is 176 Å². The molecule has 0 fully saturated rings. The van der Waals surface area contributed by atoms with Crippen molar-refractivity contribution < 1.29 is 45.4 Å². The van der Waals surface area contributed by atoms with Crippen molar-refractivity contribution in [3.63, 3.8) is 0 Å². The second-order valence-electron chi connectivity index (χ2n) is 16.4. The molecular formula is C52H39F6N11O4. The van der Waals surface area contributed by atoms with Gasteiger partial charge in [0.15, 0.2) is 11.6 Å². The van der Waals surface area contributed by atoms with Gasteiger partial charge in [-0.25, -0.2) is 33.9 Å². The summed E-state index contributed by atoms with van der Waals surface area (Å²) < 4.78 is 86.0. The Balaban J connectivity index is 0.792. The molecule has 0 saturated carbocycles. The van der Waals surface area contributed by atoms with Gasteiger partial charge in [0.2, 0.25) is 0 Å². The number of amides is 4. The van der Waals surface area contributed by atoms with E-state index in [1.54, 1.807) is 60.8 Å². The number of carbonyl (C=O) groups excluding carboxylic acids is 2. The summed E-state index contributed by atoms with van der Waals surface area (Å²) in [6.45, 7) is 4.06. The first kappa shape index (κ1) is 48.5. The Morgan fingerprint density at radius 2 is 0.959 bits per heavy atom. The van der Waals surface area contributed by atoms with Crippen molar-refractivity contribution in [2.24, 2.45) is 0 Å². The third-order valence-corrected chi connectivity index (χ3v) is 10.9. The fourth-order valence-corrected chi connectivity index (χ4v) is 7.51. The van der Waals surface area contributed by atoms with E-state index in [2.05, 4.69) is 55.9 Å². The molecule has 4 amide bonds. The molecule has 73 heavy (non-hydrogen) atoms. The maximum absolute atomic E-state index is 13.2. The van der Waals surface area contributed by atoms with Gasteiger partial charge in [-0.15, -0.1) is 36.5 Å².